The highest BCUT2D eigenvalue weighted by Crippen LogP contribution is 2.23. The first kappa shape index (κ1) is 12.4. The Morgan fingerprint density at radius 1 is 1.16 bits per heavy atom. The minimum atomic E-state index is 0.655. The van der Waals surface area contributed by atoms with Crippen molar-refractivity contribution in [3.63, 3.8) is 0 Å². The second-order valence-electron chi connectivity index (χ2n) is 4.43. The maximum atomic E-state index is 5.60. The molecule has 0 unspecified atom stereocenters. The lowest BCUT2D eigenvalue weighted by Gasteiger charge is -2.08. The highest BCUT2D eigenvalue weighted by atomic mass is 79.9. The van der Waals surface area contributed by atoms with Crippen molar-refractivity contribution in [3.8, 4) is 5.69 Å². The van der Waals surface area contributed by atoms with Crippen LogP contribution in [0, 0.1) is 0 Å². The monoisotopic (exact) mass is 315 g/mol. The Hall–Kier alpha value is -1.65. The van der Waals surface area contributed by atoms with E-state index in [-0.39, 0.29) is 0 Å². The summed E-state index contributed by atoms with van der Waals surface area (Å²) in [6, 6.07) is 14.5. The van der Waals surface area contributed by atoms with Crippen LogP contribution in [0.5, 0.6) is 0 Å². The van der Waals surface area contributed by atoms with Gasteiger partial charge in [0.25, 0.3) is 0 Å². The average molecular weight is 316 g/mol. The summed E-state index contributed by atoms with van der Waals surface area (Å²) < 4.78 is 3.03. The molecule has 0 aliphatic heterocycles. The minimum Gasteiger partial charge on any atom is -0.330 e. The maximum absolute atomic E-state index is 5.60. The van der Waals surface area contributed by atoms with E-state index in [0.717, 1.165) is 27.5 Å². The van der Waals surface area contributed by atoms with Crippen LogP contribution in [-0.2, 0) is 6.42 Å². The molecule has 3 rings (SSSR count). The molecule has 3 aromatic rings. The van der Waals surface area contributed by atoms with E-state index in [1.807, 2.05) is 23.0 Å². The maximum Gasteiger partial charge on any atom is 0.0741 e. The first-order chi connectivity index (χ1) is 9.29. The minimum absolute atomic E-state index is 0.655. The zero-order valence-corrected chi connectivity index (χ0v) is 12.0. The van der Waals surface area contributed by atoms with E-state index in [1.165, 1.54) is 5.56 Å². The van der Waals surface area contributed by atoms with Gasteiger partial charge in [-0.15, -0.1) is 0 Å². The van der Waals surface area contributed by atoms with Gasteiger partial charge in [-0.05, 0) is 36.7 Å². The molecule has 2 N–H and O–H groups in total. The summed E-state index contributed by atoms with van der Waals surface area (Å²) in [6.07, 6.45) is 2.76. The Balaban J connectivity index is 2.09. The summed E-state index contributed by atoms with van der Waals surface area (Å²) >= 11 is 3.60. The van der Waals surface area contributed by atoms with Crippen molar-refractivity contribution in [1.29, 1.82) is 0 Å². The summed E-state index contributed by atoms with van der Waals surface area (Å²) in [7, 11) is 0. The van der Waals surface area contributed by atoms with Gasteiger partial charge in [0.05, 0.1) is 17.4 Å². The third kappa shape index (κ3) is 2.29. The van der Waals surface area contributed by atoms with Crippen LogP contribution in [0.2, 0.25) is 0 Å². The lowest BCUT2D eigenvalue weighted by Crippen LogP contribution is -2.04. The van der Waals surface area contributed by atoms with Crippen molar-refractivity contribution < 1.29 is 0 Å². The molecule has 0 aliphatic carbocycles. The second-order valence-corrected chi connectivity index (χ2v) is 5.28. The fourth-order valence-electron chi connectivity index (χ4n) is 2.20. The topological polar surface area (TPSA) is 43.8 Å². The Morgan fingerprint density at radius 3 is 2.79 bits per heavy atom. The van der Waals surface area contributed by atoms with Gasteiger partial charge in [-0.2, -0.15) is 5.10 Å². The molecular formula is C15H14BrN3. The first-order valence-corrected chi connectivity index (χ1v) is 7.00. The molecule has 0 fully saturated rings. The molecule has 0 saturated carbocycles. The highest BCUT2D eigenvalue weighted by Gasteiger charge is 2.06. The molecule has 96 valence electrons. The third-order valence-corrected chi connectivity index (χ3v) is 3.91. The van der Waals surface area contributed by atoms with E-state index in [2.05, 4.69) is 51.4 Å². The Morgan fingerprint density at radius 2 is 2.00 bits per heavy atom. The van der Waals surface area contributed by atoms with Gasteiger partial charge in [0.15, 0.2) is 0 Å². The number of aromatic nitrogens is 2. The van der Waals surface area contributed by atoms with Crippen molar-refractivity contribution in [2.45, 2.75) is 6.42 Å². The molecule has 0 aliphatic rings. The van der Waals surface area contributed by atoms with Crippen LogP contribution in [-0.4, -0.2) is 16.3 Å². The van der Waals surface area contributed by atoms with Gasteiger partial charge in [-0.3, -0.25) is 0 Å². The van der Waals surface area contributed by atoms with Crippen LogP contribution >= 0.6 is 15.9 Å². The molecule has 4 heteroatoms. The number of fused-ring (bicyclic) bond motifs is 1. The third-order valence-electron chi connectivity index (χ3n) is 3.17. The van der Waals surface area contributed by atoms with E-state index in [9.17, 15) is 0 Å². The molecule has 0 spiro atoms. The lowest BCUT2D eigenvalue weighted by molar-refractivity contribution is 0.903. The van der Waals surface area contributed by atoms with Crippen LogP contribution in [0.4, 0.5) is 0 Å². The number of hydrogen-bond acceptors (Lipinski definition) is 2. The molecule has 0 amide bonds. The predicted molar refractivity (Wildman–Crippen MR) is 81.5 cm³/mol. The van der Waals surface area contributed by atoms with Crippen molar-refractivity contribution in [2.75, 3.05) is 6.54 Å². The molecular weight excluding hydrogens is 302 g/mol. The lowest BCUT2D eigenvalue weighted by atomic mass is 10.1. The van der Waals surface area contributed by atoms with E-state index in [1.54, 1.807) is 0 Å². The van der Waals surface area contributed by atoms with Crippen LogP contribution < -0.4 is 5.73 Å². The number of rotatable bonds is 3. The molecule has 0 atom stereocenters. The van der Waals surface area contributed by atoms with Gasteiger partial charge in [0.1, 0.15) is 0 Å². The van der Waals surface area contributed by atoms with Gasteiger partial charge in [-0.25, -0.2) is 4.68 Å². The summed E-state index contributed by atoms with van der Waals surface area (Å²) in [6.45, 7) is 0.655. The molecule has 0 bridgehead atoms. The normalized spacial score (nSPS) is 11.1. The second kappa shape index (κ2) is 5.15. The first-order valence-electron chi connectivity index (χ1n) is 6.21. The molecule has 2 aromatic carbocycles. The quantitative estimate of drug-likeness (QED) is 0.806. The van der Waals surface area contributed by atoms with E-state index in [4.69, 9.17) is 5.73 Å². The summed E-state index contributed by atoms with van der Waals surface area (Å²) in [5.41, 5.74) is 8.98. The summed E-state index contributed by atoms with van der Waals surface area (Å²) in [4.78, 5) is 0. The van der Waals surface area contributed by atoms with Crippen molar-refractivity contribution in [2.24, 2.45) is 5.73 Å². The van der Waals surface area contributed by atoms with E-state index in [0.29, 0.717) is 6.54 Å². The summed E-state index contributed by atoms with van der Waals surface area (Å²) in [5, 5.41) is 5.60. The molecule has 19 heavy (non-hydrogen) atoms. The molecule has 0 saturated heterocycles. The summed E-state index contributed by atoms with van der Waals surface area (Å²) in [5.74, 6) is 0. The number of nitrogens with two attached hydrogens (primary N) is 1. The number of hydrogen-bond donors (Lipinski definition) is 1. The molecule has 1 aromatic heterocycles. The standard InChI is InChI=1S/C15H14BrN3/c16-14-9-13(6-5-11(14)7-8-17)19-15-4-2-1-3-12(15)10-18-19/h1-6,9-10H,7-8,17H2. The molecule has 0 radical (unpaired) electrons. The van der Waals surface area contributed by atoms with Crippen molar-refractivity contribution >= 4 is 26.8 Å². The van der Waals surface area contributed by atoms with Gasteiger partial charge >= 0.3 is 0 Å². The fraction of sp³-hybridized carbons (Fsp3) is 0.133. The fourth-order valence-corrected chi connectivity index (χ4v) is 2.77. The zero-order valence-electron chi connectivity index (χ0n) is 10.4. The number of benzene rings is 2. The van der Waals surface area contributed by atoms with Gasteiger partial charge < -0.3 is 5.73 Å². The Bertz CT molecular complexity index is 718. The molecule has 1 heterocycles. The van der Waals surface area contributed by atoms with Gasteiger partial charge in [-0.1, -0.05) is 40.2 Å². The van der Waals surface area contributed by atoms with Crippen molar-refractivity contribution in [1.82, 2.24) is 9.78 Å². The van der Waals surface area contributed by atoms with E-state index >= 15 is 0 Å². The highest BCUT2D eigenvalue weighted by molar-refractivity contribution is 9.10. The Kier molecular flexibility index (Phi) is 3.36. The SMILES string of the molecule is NCCc1ccc(-n2ncc3ccccc32)cc1Br. The largest absolute Gasteiger partial charge is 0.330 e. The van der Waals surface area contributed by atoms with E-state index < -0.39 is 0 Å². The smallest absolute Gasteiger partial charge is 0.0741 e. The number of nitrogens with zero attached hydrogens (tertiary/aromatic N) is 2. The van der Waals surface area contributed by atoms with Crippen LogP contribution in [0.3, 0.4) is 0 Å². The van der Waals surface area contributed by atoms with Gasteiger partial charge in [0, 0.05) is 9.86 Å². The Labute approximate surface area is 120 Å². The van der Waals surface area contributed by atoms with Crippen LogP contribution in [0.25, 0.3) is 16.6 Å². The predicted octanol–water partition coefficient (Wildman–Crippen LogP) is 3.29. The van der Waals surface area contributed by atoms with Crippen LogP contribution in [0.1, 0.15) is 5.56 Å². The molecule has 3 nitrogen and oxygen atoms in total. The van der Waals surface area contributed by atoms with Gasteiger partial charge in [0.2, 0.25) is 0 Å². The number of para-hydroxylation sites is 1. The van der Waals surface area contributed by atoms with Crippen molar-refractivity contribution in [3.05, 3.63) is 58.7 Å². The van der Waals surface area contributed by atoms with Crippen LogP contribution in [0.15, 0.2) is 53.1 Å². The average Bonchev–Trinajstić information content (AvgIpc) is 2.85. The zero-order chi connectivity index (χ0) is 13.2. The number of halogens is 1.